The number of methoxy groups -OCH3 is 1. The average molecular weight is 260 g/mol. The SMILES string of the molecule is COc1ccccc1-c1cnc(C)nc1C(=O)S. The topological polar surface area (TPSA) is 52.1 Å². The summed E-state index contributed by atoms with van der Waals surface area (Å²) in [5, 5.41) is -0.388. The molecule has 1 aromatic carbocycles. The minimum absolute atomic E-state index is 0.287. The first-order valence-electron chi connectivity index (χ1n) is 5.34. The Balaban J connectivity index is 2.67. The van der Waals surface area contributed by atoms with Crippen molar-refractivity contribution in [3.05, 3.63) is 42.0 Å². The summed E-state index contributed by atoms with van der Waals surface area (Å²) in [4.78, 5) is 19.8. The largest absolute Gasteiger partial charge is 0.496 e. The van der Waals surface area contributed by atoms with Crippen molar-refractivity contribution in [1.29, 1.82) is 0 Å². The van der Waals surface area contributed by atoms with E-state index in [1.165, 1.54) is 0 Å². The summed E-state index contributed by atoms with van der Waals surface area (Å²) in [5.74, 6) is 1.20. The van der Waals surface area contributed by atoms with E-state index in [0.717, 1.165) is 5.56 Å². The molecular weight excluding hydrogens is 248 g/mol. The lowest BCUT2D eigenvalue weighted by atomic mass is 10.0. The van der Waals surface area contributed by atoms with Gasteiger partial charge in [-0.3, -0.25) is 4.79 Å². The van der Waals surface area contributed by atoms with Gasteiger partial charge in [-0.25, -0.2) is 9.97 Å². The van der Waals surface area contributed by atoms with Gasteiger partial charge in [-0.05, 0) is 13.0 Å². The van der Waals surface area contributed by atoms with E-state index < -0.39 is 0 Å². The van der Waals surface area contributed by atoms with Gasteiger partial charge >= 0.3 is 0 Å². The smallest absolute Gasteiger partial charge is 0.235 e. The molecule has 0 bridgehead atoms. The van der Waals surface area contributed by atoms with Crippen LogP contribution >= 0.6 is 12.6 Å². The van der Waals surface area contributed by atoms with Crippen LogP contribution in [0.25, 0.3) is 11.1 Å². The number of para-hydroxylation sites is 1. The van der Waals surface area contributed by atoms with Gasteiger partial charge in [0, 0.05) is 17.3 Å². The molecule has 0 aliphatic heterocycles. The van der Waals surface area contributed by atoms with E-state index in [-0.39, 0.29) is 10.8 Å². The average Bonchev–Trinajstić information content (AvgIpc) is 2.38. The molecule has 1 aromatic heterocycles. The molecule has 92 valence electrons. The van der Waals surface area contributed by atoms with Gasteiger partial charge in [0.1, 0.15) is 17.3 Å². The first kappa shape index (κ1) is 12.6. The number of hydrogen-bond acceptors (Lipinski definition) is 4. The zero-order valence-electron chi connectivity index (χ0n) is 10.0. The monoisotopic (exact) mass is 260 g/mol. The summed E-state index contributed by atoms with van der Waals surface area (Å²) in [7, 11) is 1.58. The van der Waals surface area contributed by atoms with Crippen molar-refractivity contribution in [1.82, 2.24) is 9.97 Å². The van der Waals surface area contributed by atoms with Crippen LogP contribution in [0.1, 0.15) is 16.3 Å². The summed E-state index contributed by atoms with van der Waals surface area (Å²) >= 11 is 3.85. The van der Waals surface area contributed by atoms with E-state index in [1.54, 1.807) is 20.2 Å². The molecule has 18 heavy (non-hydrogen) atoms. The van der Waals surface area contributed by atoms with Crippen molar-refractivity contribution in [2.75, 3.05) is 7.11 Å². The molecule has 0 N–H and O–H groups in total. The normalized spacial score (nSPS) is 10.2. The molecule has 0 fully saturated rings. The third-order valence-electron chi connectivity index (χ3n) is 2.51. The number of carbonyl (C=O) groups is 1. The van der Waals surface area contributed by atoms with Gasteiger partial charge in [-0.1, -0.05) is 30.8 Å². The third-order valence-corrected chi connectivity index (χ3v) is 2.72. The zero-order chi connectivity index (χ0) is 13.1. The van der Waals surface area contributed by atoms with Gasteiger partial charge in [0.25, 0.3) is 0 Å². The highest BCUT2D eigenvalue weighted by Gasteiger charge is 2.15. The van der Waals surface area contributed by atoms with E-state index in [2.05, 4.69) is 22.6 Å². The maximum atomic E-state index is 11.5. The van der Waals surface area contributed by atoms with Gasteiger partial charge in [-0.15, -0.1) is 0 Å². The molecular formula is C13H12N2O2S. The van der Waals surface area contributed by atoms with Crippen LogP contribution < -0.4 is 4.74 Å². The van der Waals surface area contributed by atoms with Crippen LogP contribution in [0.15, 0.2) is 30.5 Å². The lowest BCUT2D eigenvalue weighted by molar-refractivity contribution is 0.108. The number of rotatable bonds is 3. The molecule has 0 aliphatic rings. The molecule has 0 saturated carbocycles. The predicted molar refractivity (Wildman–Crippen MR) is 72.1 cm³/mol. The van der Waals surface area contributed by atoms with Crippen LogP contribution in [0, 0.1) is 6.92 Å². The Morgan fingerprint density at radius 1 is 1.28 bits per heavy atom. The molecule has 2 aromatic rings. The number of aromatic nitrogens is 2. The van der Waals surface area contributed by atoms with Crippen LogP contribution in [0.4, 0.5) is 0 Å². The fourth-order valence-corrected chi connectivity index (χ4v) is 1.87. The lowest BCUT2D eigenvalue weighted by Crippen LogP contribution is -2.02. The summed E-state index contributed by atoms with van der Waals surface area (Å²) < 4.78 is 5.27. The highest BCUT2D eigenvalue weighted by Crippen LogP contribution is 2.31. The van der Waals surface area contributed by atoms with Crippen LogP contribution in [-0.4, -0.2) is 22.2 Å². The van der Waals surface area contributed by atoms with Gasteiger partial charge in [-0.2, -0.15) is 0 Å². The third kappa shape index (κ3) is 2.36. The van der Waals surface area contributed by atoms with Crippen molar-refractivity contribution >= 4 is 17.7 Å². The Hall–Kier alpha value is -1.88. The van der Waals surface area contributed by atoms with Crippen molar-refractivity contribution < 1.29 is 9.53 Å². The quantitative estimate of drug-likeness (QED) is 0.862. The van der Waals surface area contributed by atoms with Gasteiger partial charge in [0.05, 0.1) is 7.11 Å². The van der Waals surface area contributed by atoms with E-state index in [4.69, 9.17) is 4.74 Å². The molecule has 0 spiro atoms. The zero-order valence-corrected chi connectivity index (χ0v) is 10.9. The van der Waals surface area contributed by atoms with E-state index >= 15 is 0 Å². The Morgan fingerprint density at radius 2 is 2.00 bits per heavy atom. The van der Waals surface area contributed by atoms with Crippen molar-refractivity contribution in [3.8, 4) is 16.9 Å². The van der Waals surface area contributed by atoms with Crippen molar-refractivity contribution in [2.45, 2.75) is 6.92 Å². The summed E-state index contributed by atoms with van der Waals surface area (Å²) in [5.41, 5.74) is 1.69. The number of hydrogen-bond donors (Lipinski definition) is 1. The van der Waals surface area contributed by atoms with Crippen molar-refractivity contribution in [3.63, 3.8) is 0 Å². The summed E-state index contributed by atoms with van der Waals surface area (Å²) in [6.45, 7) is 1.73. The van der Waals surface area contributed by atoms with Gasteiger partial charge in [0.2, 0.25) is 5.12 Å². The molecule has 0 aliphatic carbocycles. The van der Waals surface area contributed by atoms with Gasteiger partial charge < -0.3 is 4.74 Å². The van der Waals surface area contributed by atoms with E-state index in [9.17, 15) is 4.79 Å². The maximum Gasteiger partial charge on any atom is 0.235 e. The molecule has 0 amide bonds. The molecule has 4 nitrogen and oxygen atoms in total. The summed E-state index contributed by atoms with van der Waals surface area (Å²) in [6.07, 6.45) is 1.61. The standard InChI is InChI=1S/C13H12N2O2S/c1-8-14-7-10(12(15-8)13(16)18)9-5-3-4-6-11(9)17-2/h3-7H,1-2H3,(H,16,18). The second kappa shape index (κ2) is 5.18. The number of nitrogens with zero attached hydrogens (tertiary/aromatic N) is 2. The van der Waals surface area contributed by atoms with Crippen LogP contribution in [0.3, 0.4) is 0 Å². The molecule has 2 rings (SSSR count). The fourth-order valence-electron chi connectivity index (χ4n) is 1.70. The van der Waals surface area contributed by atoms with Crippen LogP contribution in [0.2, 0.25) is 0 Å². The minimum atomic E-state index is -0.388. The first-order valence-corrected chi connectivity index (χ1v) is 5.78. The maximum absolute atomic E-state index is 11.5. The minimum Gasteiger partial charge on any atom is -0.496 e. The Bertz CT molecular complexity index is 599. The Morgan fingerprint density at radius 3 is 2.67 bits per heavy atom. The van der Waals surface area contributed by atoms with Gasteiger partial charge in [0.15, 0.2) is 0 Å². The number of aryl methyl sites for hydroxylation is 1. The number of ether oxygens (including phenoxy) is 1. The molecule has 0 atom stereocenters. The van der Waals surface area contributed by atoms with Crippen LogP contribution in [0.5, 0.6) is 5.75 Å². The second-order valence-corrected chi connectivity index (χ2v) is 4.09. The highest BCUT2D eigenvalue weighted by molar-refractivity contribution is 7.97. The number of benzene rings is 1. The lowest BCUT2D eigenvalue weighted by Gasteiger charge is -2.10. The molecule has 0 radical (unpaired) electrons. The fraction of sp³-hybridized carbons (Fsp3) is 0.154. The van der Waals surface area contributed by atoms with Crippen molar-refractivity contribution in [2.24, 2.45) is 0 Å². The molecule has 5 heteroatoms. The van der Waals surface area contributed by atoms with E-state index in [0.29, 0.717) is 17.1 Å². The molecule has 0 unspecified atom stereocenters. The molecule has 0 saturated heterocycles. The number of thiol groups is 1. The first-order chi connectivity index (χ1) is 8.63. The number of carbonyl (C=O) groups excluding carboxylic acids is 1. The molecule has 1 heterocycles. The predicted octanol–water partition coefficient (Wildman–Crippen LogP) is 2.53. The Kier molecular flexibility index (Phi) is 3.62. The Labute approximate surface area is 110 Å². The summed E-state index contributed by atoms with van der Waals surface area (Å²) in [6, 6.07) is 7.40. The van der Waals surface area contributed by atoms with E-state index in [1.807, 2.05) is 24.3 Å². The second-order valence-electron chi connectivity index (χ2n) is 3.68. The van der Waals surface area contributed by atoms with Crippen LogP contribution in [-0.2, 0) is 0 Å². The highest BCUT2D eigenvalue weighted by atomic mass is 32.1.